The molecule has 32 heavy (non-hydrogen) atoms. The van der Waals surface area contributed by atoms with Gasteiger partial charge in [-0.05, 0) is 65.4 Å². The normalized spacial score (nSPS) is 13.6. The molecule has 0 spiro atoms. The third-order valence-electron chi connectivity index (χ3n) is 7.10. The highest BCUT2D eigenvalue weighted by molar-refractivity contribution is 5.93. The molecule has 0 saturated carbocycles. The molecule has 3 nitrogen and oxygen atoms in total. The van der Waals surface area contributed by atoms with E-state index in [2.05, 4.69) is 96.1 Å². The summed E-state index contributed by atoms with van der Waals surface area (Å²) in [6, 6.07) is 26.5. The van der Waals surface area contributed by atoms with Crippen molar-refractivity contribution in [3.8, 4) is 0 Å². The van der Waals surface area contributed by atoms with E-state index in [0.717, 1.165) is 31.6 Å². The maximum atomic E-state index is 4.81. The zero-order valence-corrected chi connectivity index (χ0v) is 18.7. The molecule has 0 amide bonds. The molecule has 0 saturated heterocycles. The topological polar surface area (TPSA) is 21.1 Å². The molecule has 0 fully saturated rings. The highest BCUT2D eigenvalue weighted by Gasteiger charge is 2.22. The molecule has 3 aromatic carbocycles. The SMILES string of the molecule is Cc1c(C)n(Cc2ccc3ccccc3c2)c2c(N3CCc4ccccc4C3)ccnc12. The lowest BCUT2D eigenvalue weighted by Gasteiger charge is -2.31. The Morgan fingerprint density at radius 2 is 1.62 bits per heavy atom. The quantitative estimate of drug-likeness (QED) is 0.338. The zero-order valence-electron chi connectivity index (χ0n) is 18.7. The van der Waals surface area contributed by atoms with Gasteiger partial charge in [-0.15, -0.1) is 0 Å². The second kappa shape index (κ2) is 7.52. The van der Waals surface area contributed by atoms with Gasteiger partial charge in [0.1, 0.15) is 0 Å². The molecular weight excluding hydrogens is 390 g/mol. The van der Waals surface area contributed by atoms with E-state index in [9.17, 15) is 0 Å². The summed E-state index contributed by atoms with van der Waals surface area (Å²) in [4.78, 5) is 7.34. The predicted molar refractivity (Wildman–Crippen MR) is 133 cm³/mol. The number of anilines is 1. The van der Waals surface area contributed by atoms with Crippen molar-refractivity contribution >= 4 is 27.5 Å². The Balaban J connectivity index is 1.46. The number of pyridine rings is 1. The van der Waals surface area contributed by atoms with Crippen LogP contribution in [0.3, 0.4) is 0 Å². The fraction of sp³-hybridized carbons (Fsp3) is 0.207. The number of fused-ring (bicyclic) bond motifs is 3. The second-order valence-corrected chi connectivity index (χ2v) is 8.95. The smallest absolute Gasteiger partial charge is 0.0934 e. The van der Waals surface area contributed by atoms with E-state index in [0.29, 0.717) is 0 Å². The van der Waals surface area contributed by atoms with Crippen molar-refractivity contribution in [2.45, 2.75) is 33.4 Å². The van der Waals surface area contributed by atoms with E-state index < -0.39 is 0 Å². The van der Waals surface area contributed by atoms with Gasteiger partial charge in [-0.3, -0.25) is 4.98 Å². The van der Waals surface area contributed by atoms with Gasteiger partial charge in [0.15, 0.2) is 0 Å². The van der Waals surface area contributed by atoms with Gasteiger partial charge in [0, 0.05) is 31.5 Å². The van der Waals surface area contributed by atoms with Crippen molar-refractivity contribution in [2.75, 3.05) is 11.4 Å². The Labute approximate surface area is 188 Å². The van der Waals surface area contributed by atoms with E-state index in [1.165, 1.54) is 49.9 Å². The van der Waals surface area contributed by atoms with Crippen molar-refractivity contribution in [1.29, 1.82) is 0 Å². The summed E-state index contributed by atoms with van der Waals surface area (Å²) in [5.74, 6) is 0. The highest BCUT2D eigenvalue weighted by Crippen LogP contribution is 2.34. The third-order valence-corrected chi connectivity index (χ3v) is 7.10. The molecule has 0 atom stereocenters. The Hall–Kier alpha value is -3.59. The number of hydrogen-bond donors (Lipinski definition) is 0. The van der Waals surface area contributed by atoms with Gasteiger partial charge >= 0.3 is 0 Å². The number of rotatable bonds is 3. The summed E-state index contributed by atoms with van der Waals surface area (Å²) in [6.07, 6.45) is 3.06. The first-order chi connectivity index (χ1) is 15.7. The fourth-order valence-corrected chi connectivity index (χ4v) is 5.20. The molecule has 1 aliphatic rings. The minimum Gasteiger partial charge on any atom is -0.365 e. The Kier molecular flexibility index (Phi) is 4.50. The maximum Gasteiger partial charge on any atom is 0.0934 e. The van der Waals surface area contributed by atoms with Crippen molar-refractivity contribution in [3.05, 3.63) is 107 Å². The lowest BCUT2D eigenvalue weighted by atomic mass is 9.99. The first-order valence-electron chi connectivity index (χ1n) is 11.4. The van der Waals surface area contributed by atoms with Crippen molar-refractivity contribution in [2.24, 2.45) is 0 Å². The average Bonchev–Trinajstić information content (AvgIpc) is 3.08. The number of aromatic nitrogens is 2. The lowest BCUT2D eigenvalue weighted by molar-refractivity contribution is 0.727. The summed E-state index contributed by atoms with van der Waals surface area (Å²) < 4.78 is 2.47. The molecule has 0 unspecified atom stereocenters. The molecule has 0 aliphatic carbocycles. The van der Waals surface area contributed by atoms with Crippen molar-refractivity contribution < 1.29 is 0 Å². The van der Waals surface area contributed by atoms with Crippen LogP contribution < -0.4 is 4.90 Å². The van der Waals surface area contributed by atoms with E-state index in [1.807, 2.05) is 6.20 Å². The highest BCUT2D eigenvalue weighted by atomic mass is 15.2. The van der Waals surface area contributed by atoms with Crippen LogP contribution in [0.5, 0.6) is 0 Å². The van der Waals surface area contributed by atoms with Crippen LogP contribution in [0.15, 0.2) is 79.0 Å². The molecular formula is C29H27N3. The first kappa shape index (κ1) is 19.1. The maximum absolute atomic E-state index is 4.81. The van der Waals surface area contributed by atoms with Gasteiger partial charge in [-0.1, -0.05) is 60.7 Å². The second-order valence-electron chi connectivity index (χ2n) is 8.95. The molecule has 0 bridgehead atoms. The summed E-state index contributed by atoms with van der Waals surface area (Å²) in [5, 5.41) is 2.58. The van der Waals surface area contributed by atoms with Crippen LogP contribution in [-0.2, 0) is 19.5 Å². The van der Waals surface area contributed by atoms with Gasteiger partial charge in [0.2, 0.25) is 0 Å². The van der Waals surface area contributed by atoms with Gasteiger partial charge in [0.25, 0.3) is 0 Å². The van der Waals surface area contributed by atoms with Gasteiger partial charge in [-0.25, -0.2) is 0 Å². The van der Waals surface area contributed by atoms with Crippen LogP contribution in [-0.4, -0.2) is 16.1 Å². The Morgan fingerprint density at radius 1 is 0.844 bits per heavy atom. The van der Waals surface area contributed by atoms with Crippen LogP contribution in [0, 0.1) is 13.8 Å². The van der Waals surface area contributed by atoms with Crippen molar-refractivity contribution in [1.82, 2.24) is 9.55 Å². The van der Waals surface area contributed by atoms with Crippen LogP contribution in [0.2, 0.25) is 0 Å². The summed E-state index contributed by atoms with van der Waals surface area (Å²) >= 11 is 0. The van der Waals surface area contributed by atoms with Crippen molar-refractivity contribution in [3.63, 3.8) is 0 Å². The largest absolute Gasteiger partial charge is 0.365 e. The monoisotopic (exact) mass is 417 g/mol. The zero-order chi connectivity index (χ0) is 21.7. The molecule has 0 radical (unpaired) electrons. The minimum absolute atomic E-state index is 0.851. The fourth-order valence-electron chi connectivity index (χ4n) is 5.20. The molecule has 3 heteroatoms. The molecule has 5 aromatic rings. The summed E-state index contributed by atoms with van der Waals surface area (Å²) in [5.41, 5.74) is 10.5. The molecule has 3 heterocycles. The van der Waals surface area contributed by atoms with E-state index in [-0.39, 0.29) is 0 Å². The molecule has 158 valence electrons. The van der Waals surface area contributed by atoms with E-state index in [1.54, 1.807) is 0 Å². The molecule has 2 aromatic heterocycles. The molecule has 6 rings (SSSR count). The first-order valence-corrected chi connectivity index (χ1v) is 11.4. The van der Waals surface area contributed by atoms with E-state index in [4.69, 9.17) is 4.98 Å². The van der Waals surface area contributed by atoms with Crippen LogP contribution >= 0.6 is 0 Å². The molecule has 1 aliphatic heterocycles. The van der Waals surface area contributed by atoms with Gasteiger partial charge in [0.05, 0.1) is 16.7 Å². The van der Waals surface area contributed by atoms with Crippen LogP contribution in [0.1, 0.15) is 27.9 Å². The standard InChI is InChI=1S/C29H27N3/c1-20-21(2)32(18-22-11-12-23-7-3-5-9-25(23)17-22)29-27(13-15-30-28(20)29)31-16-14-24-8-4-6-10-26(24)19-31/h3-13,15,17H,14,16,18-19H2,1-2H3. The van der Waals surface area contributed by atoms with Crippen LogP contribution in [0.4, 0.5) is 5.69 Å². The number of hydrogen-bond acceptors (Lipinski definition) is 2. The predicted octanol–water partition coefficient (Wildman–Crippen LogP) is 6.42. The average molecular weight is 418 g/mol. The third kappa shape index (κ3) is 3.08. The lowest BCUT2D eigenvalue weighted by Crippen LogP contribution is -2.30. The number of aryl methyl sites for hydroxylation is 1. The Morgan fingerprint density at radius 3 is 2.50 bits per heavy atom. The minimum atomic E-state index is 0.851. The number of nitrogens with zero attached hydrogens (tertiary/aromatic N) is 3. The van der Waals surface area contributed by atoms with E-state index >= 15 is 0 Å². The van der Waals surface area contributed by atoms with Gasteiger partial charge < -0.3 is 9.47 Å². The Bertz CT molecular complexity index is 1460. The molecule has 0 N–H and O–H groups in total. The van der Waals surface area contributed by atoms with Crippen LogP contribution in [0.25, 0.3) is 21.8 Å². The summed E-state index contributed by atoms with van der Waals surface area (Å²) in [7, 11) is 0. The summed E-state index contributed by atoms with van der Waals surface area (Å²) in [6.45, 7) is 7.28. The number of benzene rings is 3. The van der Waals surface area contributed by atoms with Gasteiger partial charge in [-0.2, -0.15) is 0 Å².